The lowest BCUT2D eigenvalue weighted by molar-refractivity contribution is -0.132. The molecule has 0 aliphatic rings. The molecule has 0 fully saturated rings. The van der Waals surface area contributed by atoms with Gasteiger partial charge in [0.05, 0.1) is 6.07 Å². The molecule has 0 spiro atoms. The Morgan fingerprint density at radius 2 is 2.06 bits per heavy atom. The van der Waals surface area contributed by atoms with Gasteiger partial charge in [0, 0.05) is 11.1 Å². The lowest BCUT2D eigenvalue weighted by Crippen LogP contribution is -2.05. The number of unbranched alkanes of at least 4 members (excludes halogenated alkanes) is 1. The molecule has 0 aliphatic heterocycles. The van der Waals surface area contributed by atoms with Gasteiger partial charge in [-0.05, 0) is 19.3 Å². The minimum atomic E-state index is -0.984. The summed E-state index contributed by atoms with van der Waals surface area (Å²) < 4.78 is 0. The summed E-state index contributed by atoms with van der Waals surface area (Å²) in [6, 6.07) is 2.02. The van der Waals surface area contributed by atoms with Gasteiger partial charge in [-0.1, -0.05) is 39.5 Å². The van der Waals surface area contributed by atoms with E-state index in [4.69, 9.17) is 10.4 Å². The van der Waals surface area contributed by atoms with Crippen LogP contribution in [0.4, 0.5) is 0 Å². The summed E-state index contributed by atoms with van der Waals surface area (Å²) in [7, 11) is 0. The van der Waals surface area contributed by atoms with Gasteiger partial charge < -0.3 is 5.11 Å². The van der Waals surface area contributed by atoms with Crippen molar-refractivity contribution in [3.8, 4) is 6.07 Å². The summed E-state index contributed by atoms with van der Waals surface area (Å²) in [6.07, 6.45) is 4.96. The Balaban J connectivity index is 4.58. The van der Waals surface area contributed by atoms with Crippen LogP contribution in [0.15, 0.2) is 11.1 Å². The molecule has 1 atom stereocenters. The first kappa shape index (κ1) is 14.7. The van der Waals surface area contributed by atoms with E-state index in [2.05, 4.69) is 13.8 Å². The third kappa shape index (κ3) is 4.97. The van der Waals surface area contributed by atoms with Gasteiger partial charge in [0.1, 0.15) is 0 Å². The van der Waals surface area contributed by atoms with Crippen molar-refractivity contribution in [1.29, 1.82) is 5.26 Å². The maximum absolute atomic E-state index is 10.8. The highest BCUT2D eigenvalue weighted by atomic mass is 16.4. The number of nitrogens with zero attached hydrogens (tertiary/aromatic N) is 1. The van der Waals surface area contributed by atoms with Crippen molar-refractivity contribution >= 4 is 5.97 Å². The van der Waals surface area contributed by atoms with Gasteiger partial charge in [-0.25, -0.2) is 4.79 Å². The Morgan fingerprint density at radius 3 is 2.44 bits per heavy atom. The predicted molar refractivity (Wildman–Crippen MR) is 63.9 cm³/mol. The Bertz CT molecular complexity index is 300. The molecule has 0 aromatic carbocycles. The van der Waals surface area contributed by atoms with E-state index in [1.807, 2.05) is 6.07 Å². The molecule has 0 bridgehead atoms. The summed E-state index contributed by atoms with van der Waals surface area (Å²) in [5.74, 6) is -0.550. The van der Waals surface area contributed by atoms with Gasteiger partial charge in [-0.15, -0.1) is 0 Å². The lowest BCUT2D eigenvalue weighted by Gasteiger charge is -2.14. The zero-order valence-corrected chi connectivity index (χ0v) is 10.4. The fourth-order valence-corrected chi connectivity index (χ4v) is 1.64. The average Bonchev–Trinajstić information content (AvgIpc) is 2.28. The minimum Gasteiger partial charge on any atom is -0.478 e. The summed E-state index contributed by atoms with van der Waals surface area (Å²) in [5, 5.41) is 17.8. The summed E-state index contributed by atoms with van der Waals surface area (Å²) in [6.45, 7) is 5.73. The zero-order chi connectivity index (χ0) is 12.6. The molecular weight excluding hydrogens is 202 g/mol. The maximum atomic E-state index is 10.8. The van der Waals surface area contributed by atoms with E-state index < -0.39 is 5.97 Å². The Labute approximate surface area is 97.8 Å². The number of carbonyl (C=O) groups is 1. The number of aliphatic carboxylic acids is 1. The molecule has 0 amide bonds. The molecule has 1 N–H and O–H groups in total. The van der Waals surface area contributed by atoms with Crippen LogP contribution in [0.25, 0.3) is 0 Å². The third-order valence-corrected chi connectivity index (χ3v) is 2.94. The number of nitriles is 1. The van der Waals surface area contributed by atoms with Crippen molar-refractivity contribution < 1.29 is 9.90 Å². The van der Waals surface area contributed by atoms with E-state index >= 15 is 0 Å². The number of hydrogen-bond donors (Lipinski definition) is 1. The largest absolute Gasteiger partial charge is 0.478 e. The summed E-state index contributed by atoms with van der Waals surface area (Å²) in [5.41, 5.74) is 0.618. The van der Waals surface area contributed by atoms with E-state index in [0.717, 1.165) is 25.7 Å². The highest BCUT2D eigenvalue weighted by Gasteiger charge is 2.14. The highest BCUT2D eigenvalue weighted by Crippen LogP contribution is 2.22. The van der Waals surface area contributed by atoms with Crippen LogP contribution in [0.1, 0.15) is 52.9 Å². The zero-order valence-electron chi connectivity index (χ0n) is 10.4. The predicted octanol–water partition coefficient (Wildman–Crippen LogP) is 3.52. The first-order valence-electron chi connectivity index (χ1n) is 5.89. The minimum absolute atomic E-state index is 0.192. The van der Waals surface area contributed by atoms with Crippen molar-refractivity contribution in [2.75, 3.05) is 0 Å². The van der Waals surface area contributed by atoms with Crippen molar-refractivity contribution in [3.63, 3.8) is 0 Å². The van der Waals surface area contributed by atoms with Crippen LogP contribution in [-0.4, -0.2) is 11.1 Å². The Morgan fingerprint density at radius 1 is 1.44 bits per heavy atom. The number of carboxylic acid groups (broad SMARTS) is 1. The first-order chi connectivity index (χ1) is 7.56. The van der Waals surface area contributed by atoms with Gasteiger partial charge in [0.15, 0.2) is 0 Å². The molecular formula is C13H21NO2. The second-order valence-corrected chi connectivity index (χ2v) is 4.14. The first-order valence-corrected chi connectivity index (χ1v) is 5.89. The molecule has 90 valence electrons. The van der Waals surface area contributed by atoms with Crippen LogP contribution < -0.4 is 0 Å². The molecule has 0 saturated heterocycles. The summed E-state index contributed by atoms with van der Waals surface area (Å²) >= 11 is 0. The Kier molecular flexibility index (Phi) is 7.28. The molecule has 3 heteroatoms. The maximum Gasteiger partial charge on any atom is 0.332 e. The fraction of sp³-hybridized carbons (Fsp3) is 0.692. The molecule has 0 rings (SSSR count). The molecule has 0 aliphatic carbocycles. The van der Waals surface area contributed by atoms with Crippen molar-refractivity contribution in [3.05, 3.63) is 11.1 Å². The van der Waals surface area contributed by atoms with Crippen molar-refractivity contribution in [2.45, 2.75) is 52.9 Å². The van der Waals surface area contributed by atoms with Crippen LogP contribution in [0, 0.1) is 17.2 Å². The number of allylic oxidation sites excluding steroid dienone is 1. The summed E-state index contributed by atoms with van der Waals surface area (Å²) in [4.78, 5) is 10.8. The molecule has 16 heavy (non-hydrogen) atoms. The van der Waals surface area contributed by atoms with Gasteiger partial charge in [0.25, 0.3) is 0 Å². The van der Waals surface area contributed by atoms with Gasteiger partial charge in [-0.3, -0.25) is 0 Å². The molecule has 0 saturated carbocycles. The van der Waals surface area contributed by atoms with Crippen molar-refractivity contribution in [1.82, 2.24) is 0 Å². The van der Waals surface area contributed by atoms with Crippen molar-refractivity contribution in [2.24, 2.45) is 5.92 Å². The number of hydrogen-bond acceptors (Lipinski definition) is 2. The monoisotopic (exact) mass is 223 g/mol. The molecule has 0 aromatic rings. The second kappa shape index (κ2) is 7.92. The van der Waals surface area contributed by atoms with E-state index in [-0.39, 0.29) is 5.57 Å². The average molecular weight is 223 g/mol. The van der Waals surface area contributed by atoms with Gasteiger partial charge in [-0.2, -0.15) is 5.26 Å². The van der Waals surface area contributed by atoms with E-state index in [9.17, 15) is 4.79 Å². The van der Waals surface area contributed by atoms with Gasteiger partial charge in [0.2, 0.25) is 0 Å². The third-order valence-electron chi connectivity index (χ3n) is 2.94. The van der Waals surface area contributed by atoms with Crippen LogP contribution in [0.3, 0.4) is 0 Å². The molecule has 0 radical (unpaired) electrons. The number of rotatable bonds is 7. The highest BCUT2D eigenvalue weighted by molar-refractivity contribution is 5.87. The second-order valence-electron chi connectivity index (χ2n) is 4.14. The molecule has 1 unspecified atom stereocenters. The molecule has 3 nitrogen and oxygen atoms in total. The van der Waals surface area contributed by atoms with Crippen LogP contribution in [0.2, 0.25) is 0 Å². The van der Waals surface area contributed by atoms with E-state index in [1.54, 1.807) is 0 Å². The van der Waals surface area contributed by atoms with Crippen LogP contribution in [0.5, 0.6) is 0 Å². The van der Waals surface area contributed by atoms with E-state index in [0.29, 0.717) is 17.9 Å². The molecule has 0 heterocycles. The quantitative estimate of drug-likeness (QED) is 0.530. The van der Waals surface area contributed by atoms with Gasteiger partial charge >= 0.3 is 5.97 Å². The number of carboxylic acids is 1. The lowest BCUT2D eigenvalue weighted by atomic mass is 9.90. The topological polar surface area (TPSA) is 61.1 Å². The Hall–Kier alpha value is -1.30. The van der Waals surface area contributed by atoms with Crippen LogP contribution in [-0.2, 0) is 4.79 Å². The normalized spacial score (nSPS) is 13.9. The molecule has 0 aromatic heterocycles. The van der Waals surface area contributed by atoms with E-state index in [1.165, 1.54) is 6.92 Å². The van der Waals surface area contributed by atoms with Crippen LogP contribution >= 0.6 is 0 Å². The standard InChI is InChI=1S/C13H21NO2/c1-4-6-7-11(5-2)8-12(9-14)10(3)13(15)16/h11H,4-8H2,1-3H3,(H,15,16). The smallest absolute Gasteiger partial charge is 0.332 e. The SMILES string of the molecule is CCCCC(CC)CC(C#N)=C(C)C(=O)O. The fourth-order valence-electron chi connectivity index (χ4n) is 1.64.